The van der Waals surface area contributed by atoms with Gasteiger partial charge in [-0.25, -0.2) is 4.39 Å². The lowest BCUT2D eigenvalue weighted by Gasteiger charge is -2.36. The Bertz CT molecular complexity index is 784. The smallest absolute Gasteiger partial charge is 0.325 e. The Morgan fingerprint density at radius 2 is 2.08 bits per heavy atom. The minimum atomic E-state index is -1.03. The fraction of sp³-hybridized carbons (Fsp3) is 0.353. The number of aliphatic carboxylic acids is 1. The average Bonchev–Trinajstić information content (AvgIpc) is 3.01. The number of nitrogens with zero attached hydrogens (tertiary/aromatic N) is 2. The van der Waals surface area contributed by atoms with E-state index in [1.165, 1.54) is 29.1 Å². The molecule has 0 unspecified atom stereocenters. The van der Waals surface area contributed by atoms with Gasteiger partial charge in [-0.3, -0.25) is 14.3 Å². The minimum Gasteiger partial charge on any atom is -0.480 e. The zero-order chi connectivity index (χ0) is 17.9. The van der Waals surface area contributed by atoms with Crippen molar-refractivity contribution in [2.24, 2.45) is 0 Å². The van der Waals surface area contributed by atoms with Gasteiger partial charge in [0, 0.05) is 25.5 Å². The Kier molecular flexibility index (Phi) is 4.80. The van der Waals surface area contributed by atoms with Crippen LogP contribution in [0.2, 0.25) is 0 Å². The second kappa shape index (κ2) is 7.02. The maximum absolute atomic E-state index is 13.7. The second-order valence-electron chi connectivity index (χ2n) is 5.95. The Morgan fingerprint density at radius 1 is 1.32 bits per heavy atom. The number of anilines is 1. The van der Waals surface area contributed by atoms with E-state index in [1.807, 2.05) is 0 Å². The zero-order valence-electron chi connectivity index (χ0n) is 13.4. The standard InChI is InChI=1S/C17H18FN3O4/c18-13-3-1-2-12(10-13)17(5-8-25-9-6-17)16(24)19-14-4-7-21(20-14)11-15(22)23/h1-4,7,10H,5-6,8-9,11H2,(H,22,23)(H,19,20,24). The number of carboxylic acids is 1. The first-order valence-electron chi connectivity index (χ1n) is 7.90. The van der Waals surface area contributed by atoms with E-state index in [4.69, 9.17) is 9.84 Å². The lowest BCUT2D eigenvalue weighted by molar-refractivity contribution is -0.137. The maximum atomic E-state index is 13.7. The zero-order valence-corrected chi connectivity index (χ0v) is 13.4. The molecule has 0 saturated carbocycles. The number of hydrogen-bond donors (Lipinski definition) is 2. The summed E-state index contributed by atoms with van der Waals surface area (Å²) in [6, 6.07) is 7.54. The lowest BCUT2D eigenvalue weighted by atomic mass is 9.73. The van der Waals surface area contributed by atoms with E-state index in [0.717, 1.165) is 0 Å². The molecule has 0 radical (unpaired) electrons. The van der Waals surface area contributed by atoms with Crippen LogP contribution in [-0.4, -0.2) is 40.0 Å². The van der Waals surface area contributed by atoms with Gasteiger partial charge >= 0.3 is 5.97 Å². The summed E-state index contributed by atoms with van der Waals surface area (Å²) in [6.07, 6.45) is 2.33. The third kappa shape index (κ3) is 3.69. The molecule has 25 heavy (non-hydrogen) atoms. The van der Waals surface area contributed by atoms with E-state index in [0.29, 0.717) is 31.6 Å². The predicted molar refractivity (Wildman–Crippen MR) is 86.6 cm³/mol. The van der Waals surface area contributed by atoms with Crippen molar-refractivity contribution in [2.75, 3.05) is 18.5 Å². The molecule has 1 saturated heterocycles. The fourth-order valence-corrected chi connectivity index (χ4v) is 3.04. The van der Waals surface area contributed by atoms with Gasteiger partial charge in [-0.2, -0.15) is 5.10 Å². The van der Waals surface area contributed by atoms with Gasteiger partial charge in [0.25, 0.3) is 0 Å². The van der Waals surface area contributed by atoms with Gasteiger partial charge < -0.3 is 15.2 Å². The first-order valence-corrected chi connectivity index (χ1v) is 7.90. The Labute approximate surface area is 143 Å². The Hall–Kier alpha value is -2.74. The SMILES string of the molecule is O=C(O)Cn1ccc(NC(=O)C2(c3cccc(F)c3)CCOCC2)n1. The first-order chi connectivity index (χ1) is 12.0. The van der Waals surface area contributed by atoms with Crippen molar-refractivity contribution < 1.29 is 23.8 Å². The van der Waals surface area contributed by atoms with Crippen LogP contribution in [-0.2, 0) is 26.3 Å². The van der Waals surface area contributed by atoms with Crippen LogP contribution in [0.3, 0.4) is 0 Å². The number of halogens is 1. The predicted octanol–water partition coefficient (Wildman–Crippen LogP) is 1.79. The number of benzene rings is 1. The van der Waals surface area contributed by atoms with Gasteiger partial charge in [0.15, 0.2) is 5.82 Å². The average molecular weight is 347 g/mol. The van der Waals surface area contributed by atoms with Gasteiger partial charge in [0.2, 0.25) is 5.91 Å². The van der Waals surface area contributed by atoms with Crippen molar-refractivity contribution in [3.8, 4) is 0 Å². The summed E-state index contributed by atoms with van der Waals surface area (Å²) < 4.78 is 20.3. The molecule has 2 heterocycles. The molecular weight excluding hydrogens is 329 g/mol. The van der Waals surface area contributed by atoms with E-state index in [-0.39, 0.29) is 18.3 Å². The number of carbonyl (C=O) groups excluding carboxylic acids is 1. The molecule has 1 fully saturated rings. The molecule has 1 aromatic heterocycles. The molecule has 0 aliphatic carbocycles. The molecule has 1 aromatic carbocycles. The summed E-state index contributed by atoms with van der Waals surface area (Å²) in [5, 5.41) is 15.5. The molecule has 0 bridgehead atoms. The molecule has 3 rings (SSSR count). The van der Waals surface area contributed by atoms with Crippen molar-refractivity contribution in [3.63, 3.8) is 0 Å². The van der Waals surface area contributed by atoms with E-state index >= 15 is 0 Å². The third-order valence-electron chi connectivity index (χ3n) is 4.34. The largest absolute Gasteiger partial charge is 0.480 e. The molecular formula is C17H18FN3O4. The number of rotatable bonds is 5. The number of amides is 1. The summed E-state index contributed by atoms with van der Waals surface area (Å²) in [6.45, 7) is 0.507. The first kappa shape index (κ1) is 17.1. The van der Waals surface area contributed by atoms with Gasteiger partial charge in [0.05, 0.1) is 5.41 Å². The van der Waals surface area contributed by atoms with Crippen molar-refractivity contribution in [1.29, 1.82) is 0 Å². The highest BCUT2D eigenvalue weighted by atomic mass is 19.1. The van der Waals surface area contributed by atoms with Crippen LogP contribution >= 0.6 is 0 Å². The molecule has 7 nitrogen and oxygen atoms in total. The normalized spacial score (nSPS) is 16.4. The van der Waals surface area contributed by atoms with Crippen molar-refractivity contribution >= 4 is 17.7 Å². The van der Waals surface area contributed by atoms with Gasteiger partial charge in [0.1, 0.15) is 12.4 Å². The molecule has 1 aliphatic heterocycles. The van der Waals surface area contributed by atoms with Gasteiger partial charge in [-0.1, -0.05) is 12.1 Å². The second-order valence-corrected chi connectivity index (χ2v) is 5.95. The van der Waals surface area contributed by atoms with Crippen LogP contribution in [0.5, 0.6) is 0 Å². The monoisotopic (exact) mass is 347 g/mol. The maximum Gasteiger partial charge on any atom is 0.325 e. The fourth-order valence-electron chi connectivity index (χ4n) is 3.04. The molecule has 0 atom stereocenters. The van der Waals surface area contributed by atoms with Crippen LogP contribution in [0.1, 0.15) is 18.4 Å². The van der Waals surface area contributed by atoms with Crippen molar-refractivity contribution in [3.05, 3.63) is 47.9 Å². The van der Waals surface area contributed by atoms with Crippen molar-refractivity contribution in [1.82, 2.24) is 9.78 Å². The highest BCUT2D eigenvalue weighted by Gasteiger charge is 2.42. The molecule has 8 heteroatoms. The summed E-state index contributed by atoms with van der Waals surface area (Å²) in [4.78, 5) is 23.7. The van der Waals surface area contributed by atoms with Gasteiger partial charge in [-0.05, 0) is 30.5 Å². The molecule has 132 valence electrons. The minimum absolute atomic E-state index is 0.258. The molecule has 1 amide bonds. The number of carboxylic acid groups (broad SMARTS) is 1. The highest BCUT2D eigenvalue weighted by Crippen LogP contribution is 2.36. The molecule has 1 aliphatic rings. The summed E-state index contributed by atoms with van der Waals surface area (Å²) in [7, 11) is 0. The van der Waals surface area contributed by atoms with E-state index < -0.39 is 17.2 Å². The quantitative estimate of drug-likeness (QED) is 0.860. The van der Waals surface area contributed by atoms with E-state index in [1.54, 1.807) is 12.1 Å². The van der Waals surface area contributed by atoms with Crippen molar-refractivity contribution in [2.45, 2.75) is 24.8 Å². The number of nitrogens with one attached hydrogen (secondary N) is 1. The van der Waals surface area contributed by atoms with E-state index in [9.17, 15) is 14.0 Å². The number of hydrogen-bond acceptors (Lipinski definition) is 4. The van der Waals surface area contributed by atoms with Crippen LogP contribution in [0.15, 0.2) is 36.5 Å². The topological polar surface area (TPSA) is 93.5 Å². The number of ether oxygens (including phenoxy) is 1. The van der Waals surface area contributed by atoms with Crippen LogP contribution in [0, 0.1) is 5.82 Å². The van der Waals surface area contributed by atoms with Crippen LogP contribution in [0.25, 0.3) is 0 Å². The van der Waals surface area contributed by atoms with Gasteiger partial charge in [-0.15, -0.1) is 0 Å². The lowest BCUT2D eigenvalue weighted by Crippen LogP contribution is -2.45. The molecule has 0 spiro atoms. The number of carbonyl (C=O) groups is 2. The molecule has 2 N–H and O–H groups in total. The van der Waals surface area contributed by atoms with Crippen LogP contribution in [0.4, 0.5) is 10.2 Å². The Morgan fingerprint density at radius 3 is 2.76 bits per heavy atom. The highest BCUT2D eigenvalue weighted by molar-refractivity contribution is 5.98. The third-order valence-corrected chi connectivity index (χ3v) is 4.34. The molecule has 2 aromatic rings. The summed E-state index contributed by atoms with van der Waals surface area (Å²) >= 11 is 0. The number of aromatic nitrogens is 2. The summed E-state index contributed by atoms with van der Waals surface area (Å²) in [5.41, 5.74) is -0.310. The van der Waals surface area contributed by atoms with E-state index in [2.05, 4.69) is 10.4 Å². The van der Waals surface area contributed by atoms with Crippen LogP contribution < -0.4 is 5.32 Å². The summed E-state index contributed by atoms with van der Waals surface area (Å²) in [5.74, 6) is -1.47. The Balaban J connectivity index is 1.85.